The second kappa shape index (κ2) is 8.97. The molecule has 8 heteroatoms. The van der Waals surface area contributed by atoms with Gasteiger partial charge >= 0.3 is 5.97 Å². The van der Waals surface area contributed by atoms with E-state index in [2.05, 4.69) is 25.1 Å². The molecule has 0 radical (unpaired) electrons. The predicted octanol–water partition coefficient (Wildman–Crippen LogP) is 2.05. The van der Waals surface area contributed by atoms with Crippen LogP contribution in [-0.2, 0) is 16.1 Å². The second-order valence-corrected chi connectivity index (χ2v) is 7.06. The first-order chi connectivity index (χ1) is 13.5. The van der Waals surface area contributed by atoms with Gasteiger partial charge < -0.3 is 14.6 Å². The smallest absolute Gasteiger partial charge is 0.337 e. The third kappa shape index (κ3) is 4.75. The van der Waals surface area contributed by atoms with E-state index < -0.39 is 0 Å². The van der Waals surface area contributed by atoms with Gasteiger partial charge in [-0.25, -0.2) is 4.79 Å². The number of likely N-dealkylation sites (tertiary alicyclic amines) is 1. The average Bonchev–Trinajstić information content (AvgIpc) is 3.17. The van der Waals surface area contributed by atoms with Gasteiger partial charge in [-0.1, -0.05) is 17.3 Å². The molecule has 1 unspecified atom stereocenters. The van der Waals surface area contributed by atoms with Crippen LogP contribution < -0.4 is 5.32 Å². The summed E-state index contributed by atoms with van der Waals surface area (Å²) in [5, 5.41) is 6.99. The second-order valence-electron chi connectivity index (χ2n) is 7.06. The number of ether oxygens (including phenoxy) is 1. The van der Waals surface area contributed by atoms with Crippen LogP contribution in [0.1, 0.15) is 53.3 Å². The average molecular weight is 386 g/mol. The molecule has 0 aliphatic carbocycles. The molecule has 1 aliphatic heterocycles. The molecule has 2 heterocycles. The van der Waals surface area contributed by atoms with Crippen molar-refractivity contribution in [3.8, 4) is 0 Å². The standard InChI is InChI=1S/C20H26N4O4/c1-13(24-10-8-16(9-11-24)18-22-14(2)28-23-18)19(25)21-12-15-4-6-17(7-5-15)20(26)27-3/h4-7,13,16H,8-12H2,1-3H3,(H,21,25). The molecule has 0 saturated carbocycles. The largest absolute Gasteiger partial charge is 0.465 e. The first-order valence-corrected chi connectivity index (χ1v) is 9.47. The molecule has 1 amide bonds. The van der Waals surface area contributed by atoms with Crippen molar-refractivity contribution >= 4 is 11.9 Å². The van der Waals surface area contributed by atoms with Gasteiger partial charge in [-0.05, 0) is 50.6 Å². The van der Waals surface area contributed by atoms with E-state index in [1.54, 1.807) is 19.1 Å². The maximum absolute atomic E-state index is 12.5. The van der Waals surface area contributed by atoms with Gasteiger partial charge in [-0.15, -0.1) is 0 Å². The van der Waals surface area contributed by atoms with Gasteiger partial charge in [0.25, 0.3) is 0 Å². The lowest BCUT2D eigenvalue weighted by atomic mass is 9.95. The van der Waals surface area contributed by atoms with E-state index in [0.717, 1.165) is 37.3 Å². The van der Waals surface area contributed by atoms with E-state index in [-0.39, 0.29) is 23.8 Å². The van der Waals surface area contributed by atoms with Crippen molar-refractivity contribution in [2.75, 3.05) is 20.2 Å². The van der Waals surface area contributed by atoms with Gasteiger partial charge in [0.05, 0.1) is 18.7 Å². The van der Waals surface area contributed by atoms with Crippen LogP contribution in [0, 0.1) is 6.92 Å². The number of rotatable bonds is 6. The number of aromatic nitrogens is 2. The first kappa shape index (κ1) is 20.0. The molecule has 1 fully saturated rings. The fraction of sp³-hybridized carbons (Fsp3) is 0.500. The van der Waals surface area contributed by atoms with Crippen LogP contribution >= 0.6 is 0 Å². The number of esters is 1. The number of hydrogen-bond acceptors (Lipinski definition) is 7. The lowest BCUT2D eigenvalue weighted by molar-refractivity contribution is -0.126. The highest BCUT2D eigenvalue weighted by atomic mass is 16.5. The molecule has 1 atom stereocenters. The van der Waals surface area contributed by atoms with Gasteiger partial charge in [0.2, 0.25) is 11.8 Å². The molecule has 8 nitrogen and oxygen atoms in total. The van der Waals surface area contributed by atoms with E-state index in [1.165, 1.54) is 7.11 Å². The zero-order valence-corrected chi connectivity index (χ0v) is 16.5. The lowest BCUT2D eigenvalue weighted by Crippen LogP contribution is -2.47. The Hall–Kier alpha value is -2.74. The highest BCUT2D eigenvalue weighted by molar-refractivity contribution is 5.89. The van der Waals surface area contributed by atoms with E-state index in [1.807, 2.05) is 19.1 Å². The molecule has 28 heavy (non-hydrogen) atoms. The molecule has 150 valence electrons. The van der Waals surface area contributed by atoms with Gasteiger partial charge in [0.1, 0.15) is 0 Å². The van der Waals surface area contributed by atoms with E-state index in [9.17, 15) is 9.59 Å². The molecule has 1 aromatic carbocycles. The van der Waals surface area contributed by atoms with Crippen molar-refractivity contribution in [2.24, 2.45) is 0 Å². The molecule has 0 bridgehead atoms. The Morgan fingerprint density at radius 3 is 2.54 bits per heavy atom. The zero-order valence-electron chi connectivity index (χ0n) is 16.5. The molecule has 1 saturated heterocycles. The predicted molar refractivity (Wildman–Crippen MR) is 102 cm³/mol. The van der Waals surface area contributed by atoms with Crippen LogP contribution in [0.5, 0.6) is 0 Å². The van der Waals surface area contributed by atoms with Crippen LogP contribution in [-0.4, -0.2) is 53.2 Å². The number of nitrogens with one attached hydrogen (secondary N) is 1. The van der Waals surface area contributed by atoms with Gasteiger partial charge in [0.15, 0.2) is 5.82 Å². The summed E-state index contributed by atoms with van der Waals surface area (Å²) in [6, 6.07) is 6.82. The number of nitrogens with zero attached hydrogens (tertiary/aromatic N) is 3. The fourth-order valence-electron chi connectivity index (χ4n) is 3.40. The van der Waals surface area contributed by atoms with Crippen LogP contribution in [0.15, 0.2) is 28.8 Å². The molecular formula is C20H26N4O4. The van der Waals surface area contributed by atoms with Crippen LogP contribution in [0.2, 0.25) is 0 Å². The third-order valence-corrected chi connectivity index (χ3v) is 5.21. The first-order valence-electron chi connectivity index (χ1n) is 9.47. The Bertz CT molecular complexity index is 810. The molecule has 3 rings (SSSR count). The summed E-state index contributed by atoms with van der Waals surface area (Å²) in [5.74, 6) is 1.27. The van der Waals surface area contributed by atoms with Crippen molar-refractivity contribution in [1.82, 2.24) is 20.4 Å². The van der Waals surface area contributed by atoms with Crippen molar-refractivity contribution < 1.29 is 18.8 Å². The maximum atomic E-state index is 12.5. The normalized spacial score (nSPS) is 16.5. The number of hydrogen-bond donors (Lipinski definition) is 1. The Morgan fingerprint density at radius 1 is 1.29 bits per heavy atom. The molecule has 0 spiro atoms. The van der Waals surface area contributed by atoms with Crippen molar-refractivity contribution in [2.45, 2.75) is 45.2 Å². The fourth-order valence-corrected chi connectivity index (χ4v) is 3.40. The Labute approximate surface area is 164 Å². The van der Waals surface area contributed by atoms with Gasteiger partial charge in [-0.2, -0.15) is 4.98 Å². The molecule has 1 N–H and O–H groups in total. The van der Waals surface area contributed by atoms with Crippen molar-refractivity contribution in [3.63, 3.8) is 0 Å². The minimum absolute atomic E-state index is 0.00843. The monoisotopic (exact) mass is 386 g/mol. The Morgan fingerprint density at radius 2 is 1.96 bits per heavy atom. The van der Waals surface area contributed by atoms with Gasteiger partial charge in [-0.3, -0.25) is 9.69 Å². The van der Waals surface area contributed by atoms with E-state index in [0.29, 0.717) is 18.0 Å². The summed E-state index contributed by atoms with van der Waals surface area (Å²) < 4.78 is 9.75. The number of amides is 1. The van der Waals surface area contributed by atoms with Crippen LogP contribution in [0.4, 0.5) is 0 Å². The summed E-state index contributed by atoms with van der Waals surface area (Å²) >= 11 is 0. The third-order valence-electron chi connectivity index (χ3n) is 5.21. The number of piperidine rings is 1. The van der Waals surface area contributed by atoms with E-state index >= 15 is 0 Å². The number of aryl methyl sites for hydroxylation is 1. The Kier molecular flexibility index (Phi) is 6.41. The number of methoxy groups -OCH3 is 1. The lowest BCUT2D eigenvalue weighted by Gasteiger charge is -2.34. The molecule has 1 aliphatic rings. The van der Waals surface area contributed by atoms with E-state index in [4.69, 9.17) is 4.52 Å². The Balaban J connectivity index is 1.46. The summed E-state index contributed by atoms with van der Waals surface area (Å²) in [7, 11) is 1.35. The molecule has 2 aromatic rings. The highest BCUT2D eigenvalue weighted by Crippen LogP contribution is 2.26. The molecule has 1 aromatic heterocycles. The number of carbonyl (C=O) groups excluding carboxylic acids is 2. The maximum Gasteiger partial charge on any atom is 0.337 e. The molecular weight excluding hydrogens is 360 g/mol. The van der Waals surface area contributed by atoms with Crippen LogP contribution in [0.3, 0.4) is 0 Å². The number of benzene rings is 1. The minimum atomic E-state index is -0.372. The van der Waals surface area contributed by atoms with Gasteiger partial charge in [0, 0.05) is 19.4 Å². The van der Waals surface area contributed by atoms with Crippen molar-refractivity contribution in [1.29, 1.82) is 0 Å². The van der Waals surface area contributed by atoms with Crippen molar-refractivity contribution in [3.05, 3.63) is 47.1 Å². The number of carbonyl (C=O) groups is 2. The summed E-state index contributed by atoms with van der Waals surface area (Å²) in [6.07, 6.45) is 1.82. The zero-order chi connectivity index (χ0) is 20.1. The topological polar surface area (TPSA) is 97.6 Å². The highest BCUT2D eigenvalue weighted by Gasteiger charge is 2.29. The summed E-state index contributed by atoms with van der Waals surface area (Å²) in [5.41, 5.74) is 1.42. The summed E-state index contributed by atoms with van der Waals surface area (Å²) in [6.45, 7) is 5.78. The summed E-state index contributed by atoms with van der Waals surface area (Å²) in [4.78, 5) is 30.5. The SMILES string of the molecule is COC(=O)c1ccc(CNC(=O)C(C)N2CCC(c3noc(C)n3)CC2)cc1. The quantitative estimate of drug-likeness (QED) is 0.759. The van der Waals surface area contributed by atoms with Crippen LogP contribution in [0.25, 0.3) is 0 Å². The minimum Gasteiger partial charge on any atom is -0.465 e.